The lowest BCUT2D eigenvalue weighted by molar-refractivity contribution is 0.0526. The Balaban J connectivity index is 2.05. The van der Waals surface area contributed by atoms with Crippen molar-refractivity contribution >= 4 is 16.1 Å². The third-order valence-electron chi connectivity index (χ3n) is 2.85. The fourth-order valence-corrected chi connectivity index (χ4v) is 2.89. The molecule has 0 unspecified atom stereocenters. The Labute approximate surface area is 133 Å². The molecule has 0 radical (unpaired) electrons. The highest BCUT2D eigenvalue weighted by Crippen LogP contribution is 2.17. The Kier molecular flexibility index (Phi) is 5.33. The van der Waals surface area contributed by atoms with E-state index in [-0.39, 0.29) is 18.1 Å². The average molecular weight is 338 g/mol. The van der Waals surface area contributed by atoms with Gasteiger partial charge in [-0.1, -0.05) is 12.1 Å². The molecule has 0 heterocycles. The molecule has 0 N–H and O–H groups in total. The summed E-state index contributed by atoms with van der Waals surface area (Å²) in [6.45, 7) is 1.94. The van der Waals surface area contributed by atoms with E-state index in [4.69, 9.17) is 8.92 Å². The third kappa shape index (κ3) is 5.07. The molecule has 122 valence electrons. The van der Waals surface area contributed by atoms with Crippen molar-refractivity contribution in [2.24, 2.45) is 0 Å². The lowest BCUT2D eigenvalue weighted by Crippen LogP contribution is -2.12. The molecule has 2 rings (SSSR count). The van der Waals surface area contributed by atoms with Crippen LogP contribution in [-0.2, 0) is 20.6 Å². The largest absolute Gasteiger partial charge is 0.462 e. The second-order valence-corrected chi connectivity index (χ2v) is 6.23. The van der Waals surface area contributed by atoms with Gasteiger partial charge in [0, 0.05) is 0 Å². The first kappa shape index (κ1) is 17.0. The number of ether oxygens (including phenoxy) is 1. The number of hydrogen-bond acceptors (Lipinski definition) is 5. The highest BCUT2D eigenvalue weighted by molar-refractivity contribution is 7.86. The van der Waals surface area contributed by atoms with E-state index in [2.05, 4.69) is 0 Å². The number of halogens is 1. The average Bonchev–Trinajstić information content (AvgIpc) is 2.50. The molecule has 23 heavy (non-hydrogen) atoms. The van der Waals surface area contributed by atoms with Crippen molar-refractivity contribution in [2.45, 2.75) is 12.7 Å². The molecule has 0 aliphatic rings. The number of benzene rings is 2. The zero-order valence-corrected chi connectivity index (χ0v) is 13.2. The van der Waals surface area contributed by atoms with E-state index < -0.39 is 21.9 Å². The van der Waals surface area contributed by atoms with Crippen molar-refractivity contribution < 1.29 is 26.5 Å². The molecule has 5 nitrogen and oxygen atoms in total. The molecule has 0 bridgehead atoms. The maximum atomic E-state index is 12.8. The van der Waals surface area contributed by atoms with E-state index in [9.17, 15) is 17.6 Å². The summed E-state index contributed by atoms with van der Waals surface area (Å²) >= 11 is 0. The van der Waals surface area contributed by atoms with Crippen LogP contribution in [-0.4, -0.2) is 21.0 Å². The minimum absolute atomic E-state index is 0.0835. The maximum absolute atomic E-state index is 12.8. The summed E-state index contributed by atoms with van der Waals surface area (Å²) in [5.41, 5.74) is 0.713. The van der Waals surface area contributed by atoms with Crippen LogP contribution in [0.15, 0.2) is 48.5 Å². The van der Waals surface area contributed by atoms with Crippen molar-refractivity contribution in [1.82, 2.24) is 0 Å². The van der Waals surface area contributed by atoms with Gasteiger partial charge in [-0.25, -0.2) is 9.18 Å². The van der Waals surface area contributed by atoms with Gasteiger partial charge in [-0.05, 0) is 48.9 Å². The molecule has 0 amide bonds. The van der Waals surface area contributed by atoms with Gasteiger partial charge in [0.15, 0.2) is 0 Å². The second kappa shape index (κ2) is 7.23. The lowest BCUT2D eigenvalue weighted by Gasteiger charge is -2.08. The monoisotopic (exact) mass is 338 g/mol. The minimum Gasteiger partial charge on any atom is -0.462 e. The first-order chi connectivity index (χ1) is 10.9. The maximum Gasteiger partial charge on any atom is 0.338 e. The highest BCUT2D eigenvalue weighted by Gasteiger charge is 2.15. The highest BCUT2D eigenvalue weighted by atomic mass is 32.2. The van der Waals surface area contributed by atoms with Crippen LogP contribution >= 0.6 is 0 Å². The number of esters is 1. The number of rotatable bonds is 6. The molecule has 0 aliphatic carbocycles. The third-order valence-corrected chi connectivity index (χ3v) is 3.98. The van der Waals surface area contributed by atoms with Crippen LogP contribution in [0.1, 0.15) is 22.8 Å². The zero-order valence-electron chi connectivity index (χ0n) is 12.4. The molecule has 0 aliphatic heterocycles. The second-order valence-electron chi connectivity index (χ2n) is 4.66. The van der Waals surface area contributed by atoms with Crippen molar-refractivity contribution in [3.8, 4) is 5.75 Å². The molecule has 7 heteroatoms. The van der Waals surface area contributed by atoms with Crippen molar-refractivity contribution in [3.05, 3.63) is 65.5 Å². The van der Waals surface area contributed by atoms with Crippen molar-refractivity contribution in [2.75, 3.05) is 6.61 Å². The molecule has 0 spiro atoms. The van der Waals surface area contributed by atoms with E-state index in [1.54, 1.807) is 6.92 Å². The quantitative estimate of drug-likeness (QED) is 0.598. The molecule has 0 fully saturated rings. The van der Waals surface area contributed by atoms with Gasteiger partial charge in [0.05, 0.1) is 12.2 Å². The fourth-order valence-electron chi connectivity index (χ4n) is 1.82. The fraction of sp³-hybridized carbons (Fsp3) is 0.188. The Morgan fingerprint density at radius 2 is 1.65 bits per heavy atom. The van der Waals surface area contributed by atoms with E-state index in [1.807, 2.05) is 0 Å². The summed E-state index contributed by atoms with van der Waals surface area (Å²) in [7, 11) is -3.88. The Morgan fingerprint density at radius 3 is 2.22 bits per heavy atom. The van der Waals surface area contributed by atoms with Crippen LogP contribution in [0.4, 0.5) is 4.39 Å². The van der Waals surface area contributed by atoms with Gasteiger partial charge in [0.1, 0.15) is 17.3 Å². The first-order valence-electron chi connectivity index (χ1n) is 6.83. The van der Waals surface area contributed by atoms with E-state index in [0.29, 0.717) is 11.1 Å². The SMILES string of the molecule is CCOC(=O)c1ccc(OS(=O)(=O)Cc2ccc(F)cc2)cc1. The van der Waals surface area contributed by atoms with Gasteiger partial charge in [0.25, 0.3) is 0 Å². The Morgan fingerprint density at radius 1 is 1.04 bits per heavy atom. The smallest absolute Gasteiger partial charge is 0.338 e. The van der Waals surface area contributed by atoms with Crippen LogP contribution in [0, 0.1) is 5.82 Å². The van der Waals surface area contributed by atoms with E-state index >= 15 is 0 Å². The van der Waals surface area contributed by atoms with Crippen LogP contribution in [0.2, 0.25) is 0 Å². The molecule has 0 saturated heterocycles. The molecule has 0 atom stereocenters. The van der Waals surface area contributed by atoms with E-state index in [0.717, 1.165) is 0 Å². The van der Waals surface area contributed by atoms with Crippen LogP contribution in [0.25, 0.3) is 0 Å². The Hall–Kier alpha value is -2.41. The van der Waals surface area contributed by atoms with Gasteiger partial charge in [-0.2, -0.15) is 8.42 Å². The summed E-state index contributed by atoms with van der Waals surface area (Å²) in [6, 6.07) is 10.7. The van der Waals surface area contributed by atoms with Crippen molar-refractivity contribution in [1.29, 1.82) is 0 Å². The standard InChI is InChI=1S/C16H15FO5S/c1-2-21-16(18)13-5-9-15(10-6-13)22-23(19,20)11-12-3-7-14(17)8-4-12/h3-10H,2,11H2,1H3. The van der Waals surface area contributed by atoms with Gasteiger partial charge < -0.3 is 8.92 Å². The molecule has 0 saturated carbocycles. The molecular formula is C16H15FO5S. The zero-order chi connectivity index (χ0) is 16.9. The lowest BCUT2D eigenvalue weighted by atomic mass is 10.2. The molecular weight excluding hydrogens is 323 g/mol. The van der Waals surface area contributed by atoms with E-state index in [1.165, 1.54) is 48.5 Å². The number of carbonyl (C=O) groups excluding carboxylic acids is 1. The van der Waals surface area contributed by atoms with Crippen LogP contribution in [0.5, 0.6) is 5.75 Å². The summed E-state index contributed by atoms with van der Waals surface area (Å²) in [6.07, 6.45) is 0. The first-order valence-corrected chi connectivity index (χ1v) is 8.41. The summed E-state index contributed by atoms with van der Waals surface area (Å²) in [5, 5.41) is 0. The van der Waals surface area contributed by atoms with Gasteiger partial charge in [-0.15, -0.1) is 0 Å². The van der Waals surface area contributed by atoms with Crippen LogP contribution in [0.3, 0.4) is 0 Å². The molecule has 0 aromatic heterocycles. The van der Waals surface area contributed by atoms with Gasteiger partial charge in [0.2, 0.25) is 0 Å². The minimum atomic E-state index is -3.88. The van der Waals surface area contributed by atoms with Crippen LogP contribution < -0.4 is 4.18 Å². The normalized spacial score (nSPS) is 11.0. The molecule has 2 aromatic rings. The van der Waals surface area contributed by atoms with Gasteiger partial charge in [-0.3, -0.25) is 0 Å². The summed E-state index contributed by atoms with van der Waals surface area (Å²) in [5.74, 6) is -1.23. The summed E-state index contributed by atoms with van der Waals surface area (Å²) in [4.78, 5) is 11.5. The van der Waals surface area contributed by atoms with Gasteiger partial charge >= 0.3 is 16.1 Å². The predicted octanol–water partition coefficient (Wildman–Crippen LogP) is 2.91. The topological polar surface area (TPSA) is 69.7 Å². The molecule has 2 aromatic carbocycles. The van der Waals surface area contributed by atoms with Crippen molar-refractivity contribution in [3.63, 3.8) is 0 Å². The Bertz CT molecular complexity index is 767. The number of hydrogen-bond donors (Lipinski definition) is 0. The summed E-state index contributed by atoms with van der Waals surface area (Å²) < 4.78 is 46.5. The number of carbonyl (C=O) groups is 1. The predicted molar refractivity (Wildman–Crippen MR) is 82.1 cm³/mol.